The van der Waals surface area contributed by atoms with Crippen molar-refractivity contribution in [2.75, 3.05) is 0 Å². The third kappa shape index (κ3) is 14.1. The zero-order valence-corrected chi connectivity index (χ0v) is 52.6. The van der Waals surface area contributed by atoms with E-state index in [1.807, 2.05) is 20.8 Å². The highest BCUT2D eigenvalue weighted by molar-refractivity contribution is 6.12. The van der Waals surface area contributed by atoms with Gasteiger partial charge in [0.05, 0.1) is 16.7 Å². The molecular formula is C76H61O18-3. The van der Waals surface area contributed by atoms with Gasteiger partial charge in [-0.2, -0.15) is 0 Å². The van der Waals surface area contributed by atoms with Crippen LogP contribution in [0.3, 0.4) is 0 Å². The summed E-state index contributed by atoms with van der Waals surface area (Å²) in [7, 11) is 0. The molecule has 6 aromatic carbocycles. The molecule has 3 aliphatic heterocycles. The zero-order valence-electron chi connectivity index (χ0n) is 52.6. The number of aromatic carboxylic acids is 3. The van der Waals surface area contributed by atoms with Crippen LogP contribution in [0.25, 0.3) is 100 Å². The molecule has 0 amide bonds. The van der Waals surface area contributed by atoms with E-state index in [1.165, 1.54) is 97.1 Å². The molecule has 3 aliphatic carbocycles. The molecule has 0 aromatic heterocycles. The lowest BCUT2D eigenvalue weighted by Crippen LogP contribution is -2.20. The fourth-order valence-electron chi connectivity index (χ4n) is 10.3. The number of Topliss-reactive ketones (excluding diaryl/α,β-unsaturated/α-hetero) is 3. The van der Waals surface area contributed by atoms with Gasteiger partial charge in [0.1, 0.15) is 39.8 Å². The van der Waals surface area contributed by atoms with Gasteiger partial charge in [-0.25, -0.2) is 14.4 Å². The molecule has 476 valence electrons. The maximum Gasteiger partial charge on any atom is 0.336 e. The number of carbonyl (C=O) groups is 6. The summed E-state index contributed by atoms with van der Waals surface area (Å²) in [5.41, 5.74) is 3.71. The van der Waals surface area contributed by atoms with Gasteiger partial charge in [0.25, 0.3) is 0 Å². The second kappa shape index (κ2) is 25.8. The molecule has 0 bridgehead atoms. The topological polar surface area (TPSA) is 323 Å². The molecule has 3 heterocycles. The number of carbonyl (C=O) groups excluding carboxylic acids is 3. The fourth-order valence-corrected chi connectivity index (χ4v) is 10.3. The van der Waals surface area contributed by atoms with Crippen LogP contribution in [0.1, 0.15) is 121 Å². The van der Waals surface area contributed by atoms with E-state index in [0.29, 0.717) is 88.7 Å². The van der Waals surface area contributed by atoms with E-state index in [2.05, 4.69) is 0 Å². The van der Waals surface area contributed by atoms with Crippen LogP contribution in [0, 0.1) is 16.2 Å². The van der Waals surface area contributed by atoms with Crippen molar-refractivity contribution in [1.29, 1.82) is 0 Å². The molecule has 94 heavy (non-hydrogen) atoms. The average molecular weight is 1260 g/mol. The Morgan fingerprint density at radius 3 is 1.02 bits per heavy atom. The summed E-state index contributed by atoms with van der Waals surface area (Å²) < 4.78 is 17.3. The number of ketones is 3. The Morgan fingerprint density at radius 1 is 0.340 bits per heavy atom. The van der Waals surface area contributed by atoms with E-state index in [0.717, 1.165) is 0 Å². The van der Waals surface area contributed by atoms with E-state index >= 15 is 0 Å². The van der Waals surface area contributed by atoms with Crippen molar-refractivity contribution in [3.63, 3.8) is 0 Å². The summed E-state index contributed by atoms with van der Waals surface area (Å²) in [6.07, 6.45) is 0. The van der Waals surface area contributed by atoms with Crippen molar-refractivity contribution >= 4 is 68.2 Å². The van der Waals surface area contributed by atoms with Crippen LogP contribution >= 0.6 is 0 Å². The minimum absolute atomic E-state index is 0.00309. The van der Waals surface area contributed by atoms with Gasteiger partial charge >= 0.3 is 17.9 Å². The molecule has 18 nitrogen and oxygen atoms in total. The van der Waals surface area contributed by atoms with Gasteiger partial charge in [0.15, 0.2) is 27.9 Å². The summed E-state index contributed by atoms with van der Waals surface area (Å²) in [5, 5.41) is 66.4. The number of hydrogen-bond acceptors (Lipinski definition) is 15. The highest BCUT2D eigenvalue weighted by Crippen LogP contribution is 2.46. The second-order valence-corrected chi connectivity index (χ2v) is 25.3. The number of carboxylic acid groups (broad SMARTS) is 3. The van der Waals surface area contributed by atoms with Gasteiger partial charge in [-0.1, -0.05) is 135 Å². The summed E-state index contributed by atoms with van der Waals surface area (Å²) in [4.78, 5) is 107. The van der Waals surface area contributed by atoms with Gasteiger partial charge in [0, 0.05) is 95.1 Å². The Bertz CT molecular complexity index is 5130. The van der Waals surface area contributed by atoms with Crippen molar-refractivity contribution in [1.82, 2.24) is 0 Å². The average Bonchev–Trinajstić information content (AvgIpc) is 0.760. The number of fused-ring (bicyclic) bond motifs is 6. The molecule has 0 fully saturated rings. The number of benzene rings is 9. The molecule has 12 rings (SSSR count). The van der Waals surface area contributed by atoms with Gasteiger partial charge < -0.3 is 43.9 Å². The number of carboxylic acids is 3. The van der Waals surface area contributed by atoms with Crippen LogP contribution in [0.2, 0.25) is 0 Å². The smallest absolute Gasteiger partial charge is 0.336 e. The standard InChI is InChI=1S/2C25H20O6.C20H12O5.C6H12O/c1-25(2,3)23(28)13-4-7-16(24(29)30)19(10-13)22-17-8-5-14(26)11-20(17)31-21-12-15(27)6-9-18(21)22;1-25(2,3)23(28)13-4-7-16(19(10-13)24(29)30)22-17-8-5-14(26)11-20(17)31-21-12-15(27)6-9-18(21)22;21-11-5-7-15-17(9-11)25-18-10-12(22)6-8-16(18)19(15)13-3-1-2-4-14(13)20(23)24;1-5(7)6(2,3)4/h2*4-12,26H,1-3H3,(H,29,30);1-10,21H,(H,23,24);1-4H3/p-3. The van der Waals surface area contributed by atoms with Crippen LogP contribution in [-0.4, -0.2) is 50.6 Å². The molecule has 0 saturated carbocycles. The molecule has 0 unspecified atom stereocenters. The first-order valence-corrected chi connectivity index (χ1v) is 29.3. The van der Waals surface area contributed by atoms with E-state index < -0.39 is 28.7 Å². The molecule has 3 N–H and O–H groups in total. The Kier molecular flexibility index (Phi) is 18.3. The number of rotatable bonds is 8. The maximum absolute atomic E-state index is 12.9. The van der Waals surface area contributed by atoms with Gasteiger partial charge in [-0.15, -0.1) is 17.2 Å². The highest BCUT2D eigenvalue weighted by Gasteiger charge is 2.30. The predicted octanol–water partition coefficient (Wildman–Crippen LogP) is 14.1. The normalized spacial score (nSPS) is 11.5. The third-order valence-electron chi connectivity index (χ3n) is 15.4. The Balaban J connectivity index is 0.000000159. The minimum Gasteiger partial charge on any atom is -0.872 e. The number of hydrogen-bond donors (Lipinski definition) is 3. The third-order valence-corrected chi connectivity index (χ3v) is 15.4. The molecule has 0 radical (unpaired) electrons. The van der Waals surface area contributed by atoms with Crippen LogP contribution in [-0.2, 0) is 4.79 Å². The molecule has 18 heteroatoms. The van der Waals surface area contributed by atoms with Gasteiger partial charge in [0.2, 0.25) is 0 Å². The molecule has 0 saturated heterocycles. The van der Waals surface area contributed by atoms with Crippen LogP contribution in [0.5, 0.6) is 17.2 Å². The fraction of sp³-hybridized carbons (Fsp3) is 0.171. The first-order chi connectivity index (χ1) is 44.1. The monoisotopic (exact) mass is 1260 g/mol. The van der Waals surface area contributed by atoms with Gasteiger partial charge in [-0.3, -0.25) is 28.8 Å². The predicted molar refractivity (Wildman–Crippen MR) is 351 cm³/mol. The first kappa shape index (κ1) is 66.6. The van der Waals surface area contributed by atoms with E-state index in [4.69, 9.17) is 13.3 Å². The maximum atomic E-state index is 12.9. The first-order valence-electron chi connectivity index (χ1n) is 29.3. The zero-order chi connectivity index (χ0) is 68.6. The minimum atomic E-state index is -1.19. The van der Waals surface area contributed by atoms with E-state index in [-0.39, 0.29) is 95.7 Å². The van der Waals surface area contributed by atoms with Crippen molar-refractivity contribution in [3.05, 3.63) is 228 Å². The quantitative estimate of drug-likeness (QED) is 0.0940. The van der Waals surface area contributed by atoms with Crippen molar-refractivity contribution < 1.29 is 72.7 Å². The lowest BCUT2D eigenvalue weighted by molar-refractivity contribution is -0.268. The Labute approximate surface area is 536 Å². The summed E-state index contributed by atoms with van der Waals surface area (Å²) >= 11 is 0. The Morgan fingerprint density at radius 2 is 0.660 bits per heavy atom. The van der Waals surface area contributed by atoms with Crippen molar-refractivity contribution in [2.45, 2.75) is 69.2 Å². The lowest BCUT2D eigenvalue weighted by atomic mass is 9.83. The molecule has 6 aromatic rings. The van der Waals surface area contributed by atoms with Crippen LogP contribution < -0.4 is 31.6 Å². The molecular weight excluding hydrogens is 1200 g/mol. The lowest BCUT2D eigenvalue weighted by Gasteiger charge is -2.20. The molecule has 6 aliphatic rings. The Hall–Kier alpha value is -11.8. The van der Waals surface area contributed by atoms with Gasteiger partial charge in [-0.05, 0) is 102 Å². The van der Waals surface area contributed by atoms with Crippen LogP contribution in [0.4, 0.5) is 0 Å². The van der Waals surface area contributed by atoms with E-state index in [1.54, 1.807) is 121 Å². The van der Waals surface area contributed by atoms with Crippen molar-refractivity contribution in [3.8, 4) is 84.6 Å². The second-order valence-electron chi connectivity index (χ2n) is 25.3. The summed E-state index contributed by atoms with van der Waals surface area (Å²) in [5.74, 6) is -3.49. The SMILES string of the molecule is CC(=O)C(C)(C)C.CC(C)(C)C(=O)c1ccc(-c2c3ccc(=O)cc-3oc3cc([O-])ccc23)c(C(=O)O)c1.CC(C)(C)C(=O)c1ccc(C(=O)O)c(-c2c3ccc(=O)cc-3oc3cc([O-])ccc23)c1.O=C(O)c1ccccc1-c1c2ccc(=O)cc-2oc2cc([O-])ccc12. The summed E-state index contributed by atoms with van der Waals surface area (Å²) in [6.45, 7) is 18.0. The van der Waals surface area contributed by atoms with E-state index in [9.17, 15) is 73.8 Å². The molecule has 0 atom stereocenters. The van der Waals surface area contributed by atoms with Crippen LogP contribution in [0.15, 0.2) is 197 Å². The van der Waals surface area contributed by atoms with Crippen molar-refractivity contribution in [2.24, 2.45) is 16.2 Å². The molecule has 0 spiro atoms. The highest BCUT2D eigenvalue weighted by atomic mass is 16.4. The summed E-state index contributed by atoms with van der Waals surface area (Å²) in [6, 6.07) is 41.2. The largest absolute Gasteiger partial charge is 0.872 e.